The predicted octanol–water partition coefficient (Wildman–Crippen LogP) is 5.43. The number of halogens is 4. The van der Waals surface area contributed by atoms with E-state index >= 15 is 0 Å². The van der Waals surface area contributed by atoms with E-state index in [4.69, 9.17) is 11.6 Å². The van der Waals surface area contributed by atoms with Gasteiger partial charge in [-0.15, -0.1) is 11.6 Å². The Morgan fingerprint density at radius 1 is 1.20 bits per heavy atom. The zero-order valence-corrected chi connectivity index (χ0v) is 14.0. The normalized spacial score (nSPS) is 11.2. The van der Waals surface area contributed by atoms with Crippen molar-refractivity contribution in [2.24, 2.45) is 0 Å². The number of alkyl halides is 1. The minimum absolute atomic E-state index is 0.201. The molecule has 102 valence electrons. The van der Waals surface area contributed by atoms with Crippen LogP contribution in [0.4, 0.5) is 4.39 Å². The fourth-order valence-electron chi connectivity index (χ4n) is 2.14. The van der Waals surface area contributed by atoms with Gasteiger partial charge in [-0.25, -0.2) is 9.37 Å². The molecule has 0 aliphatic rings. The smallest absolute Gasteiger partial charge is 0.148 e. The van der Waals surface area contributed by atoms with Gasteiger partial charge in [0.15, 0.2) is 0 Å². The Morgan fingerprint density at radius 2 is 2.00 bits per heavy atom. The van der Waals surface area contributed by atoms with Gasteiger partial charge in [0.2, 0.25) is 0 Å². The first-order chi connectivity index (χ1) is 9.61. The van der Waals surface area contributed by atoms with Crippen molar-refractivity contribution in [1.82, 2.24) is 9.55 Å². The quantitative estimate of drug-likeness (QED) is 0.508. The van der Waals surface area contributed by atoms with Gasteiger partial charge in [0.25, 0.3) is 0 Å². The number of imidazole rings is 1. The molecule has 20 heavy (non-hydrogen) atoms. The molecule has 0 aliphatic carbocycles. The van der Waals surface area contributed by atoms with Gasteiger partial charge in [-0.05, 0) is 46.3 Å². The second kappa shape index (κ2) is 5.47. The highest BCUT2D eigenvalue weighted by atomic mass is 79.9. The summed E-state index contributed by atoms with van der Waals surface area (Å²) in [6, 6.07) is 10.5. The van der Waals surface area contributed by atoms with Gasteiger partial charge in [-0.2, -0.15) is 0 Å². The molecule has 0 saturated carbocycles. The monoisotopic (exact) mass is 416 g/mol. The topological polar surface area (TPSA) is 17.8 Å². The van der Waals surface area contributed by atoms with Crippen LogP contribution >= 0.6 is 43.5 Å². The lowest BCUT2D eigenvalue weighted by molar-refractivity contribution is 0.616. The van der Waals surface area contributed by atoms with E-state index in [0.29, 0.717) is 16.0 Å². The molecule has 0 amide bonds. The van der Waals surface area contributed by atoms with Crippen molar-refractivity contribution < 1.29 is 4.39 Å². The first kappa shape index (κ1) is 14.0. The van der Waals surface area contributed by atoms with Crippen LogP contribution in [0, 0.1) is 5.82 Å². The zero-order chi connectivity index (χ0) is 14.3. The van der Waals surface area contributed by atoms with Crippen LogP contribution in [-0.4, -0.2) is 9.55 Å². The summed E-state index contributed by atoms with van der Waals surface area (Å²) in [7, 11) is 0. The fourth-order valence-corrected chi connectivity index (χ4v) is 3.19. The van der Waals surface area contributed by atoms with E-state index in [1.807, 2.05) is 18.2 Å². The molecule has 2 aromatic carbocycles. The largest absolute Gasteiger partial charge is 0.291 e. The Morgan fingerprint density at radius 3 is 2.70 bits per heavy atom. The van der Waals surface area contributed by atoms with Crippen LogP contribution in [0.5, 0.6) is 0 Å². The molecule has 0 fully saturated rings. The summed E-state index contributed by atoms with van der Waals surface area (Å²) in [6.07, 6.45) is 0. The molecule has 0 radical (unpaired) electrons. The summed E-state index contributed by atoms with van der Waals surface area (Å²) >= 11 is 12.8. The third-order valence-electron chi connectivity index (χ3n) is 2.97. The number of aromatic nitrogens is 2. The van der Waals surface area contributed by atoms with E-state index in [1.54, 1.807) is 16.7 Å². The van der Waals surface area contributed by atoms with Crippen LogP contribution in [0.15, 0.2) is 45.3 Å². The van der Waals surface area contributed by atoms with Crippen LogP contribution < -0.4 is 0 Å². The molecule has 0 spiro atoms. The highest BCUT2D eigenvalue weighted by Gasteiger charge is 2.17. The number of hydrogen-bond donors (Lipinski definition) is 0. The minimum Gasteiger partial charge on any atom is -0.291 e. The van der Waals surface area contributed by atoms with Gasteiger partial charge < -0.3 is 0 Å². The lowest BCUT2D eigenvalue weighted by atomic mass is 10.2. The molecule has 0 bridgehead atoms. The number of nitrogens with zero attached hydrogens (tertiary/aromatic N) is 2. The van der Waals surface area contributed by atoms with Crippen molar-refractivity contribution in [3.63, 3.8) is 0 Å². The van der Waals surface area contributed by atoms with Gasteiger partial charge >= 0.3 is 0 Å². The number of para-hydroxylation sites is 1. The third-order valence-corrected chi connectivity index (χ3v) is 4.34. The van der Waals surface area contributed by atoms with E-state index in [-0.39, 0.29) is 11.7 Å². The number of rotatable bonds is 2. The number of benzene rings is 2. The van der Waals surface area contributed by atoms with Crippen molar-refractivity contribution >= 4 is 54.5 Å². The summed E-state index contributed by atoms with van der Waals surface area (Å²) in [5, 5.41) is 0. The van der Waals surface area contributed by atoms with Crippen molar-refractivity contribution in [3.05, 3.63) is 57.0 Å². The molecule has 0 atom stereocenters. The van der Waals surface area contributed by atoms with Gasteiger partial charge in [-0.1, -0.05) is 22.0 Å². The summed E-state index contributed by atoms with van der Waals surface area (Å²) in [5.74, 6) is 0.475. The third kappa shape index (κ3) is 2.28. The fraction of sp³-hybridized carbons (Fsp3) is 0.0714. The van der Waals surface area contributed by atoms with Crippen LogP contribution in [0.1, 0.15) is 5.82 Å². The molecule has 0 unspecified atom stereocenters. The molecule has 2 nitrogen and oxygen atoms in total. The Bertz CT molecular complexity index is 781. The van der Waals surface area contributed by atoms with Gasteiger partial charge in [0.05, 0.1) is 22.6 Å². The molecule has 3 aromatic rings. The van der Waals surface area contributed by atoms with Gasteiger partial charge in [0.1, 0.15) is 11.6 Å². The molecular formula is C14H8Br2ClFN2. The Labute approximate surface area is 136 Å². The molecule has 0 saturated heterocycles. The molecule has 0 aliphatic heterocycles. The van der Waals surface area contributed by atoms with E-state index in [9.17, 15) is 4.39 Å². The maximum Gasteiger partial charge on any atom is 0.148 e. The second-order valence-electron chi connectivity index (χ2n) is 4.20. The summed E-state index contributed by atoms with van der Waals surface area (Å²) in [6.45, 7) is 0. The lowest BCUT2D eigenvalue weighted by Gasteiger charge is -2.11. The van der Waals surface area contributed by atoms with Gasteiger partial charge in [0, 0.05) is 8.95 Å². The average molecular weight is 418 g/mol. The summed E-state index contributed by atoms with van der Waals surface area (Å²) < 4.78 is 17.5. The minimum atomic E-state index is -0.329. The Balaban J connectivity index is 2.42. The van der Waals surface area contributed by atoms with E-state index in [2.05, 4.69) is 36.8 Å². The van der Waals surface area contributed by atoms with Crippen LogP contribution in [-0.2, 0) is 5.88 Å². The lowest BCUT2D eigenvalue weighted by Crippen LogP contribution is -2.03. The number of hydrogen-bond acceptors (Lipinski definition) is 1. The van der Waals surface area contributed by atoms with Crippen molar-refractivity contribution in [3.8, 4) is 5.69 Å². The maximum absolute atomic E-state index is 14.2. The van der Waals surface area contributed by atoms with E-state index in [1.165, 1.54) is 6.07 Å². The maximum atomic E-state index is 14.2. The zero-order valence-electron chi connectivity index (χ0n) is 10.1. The van der Waals surface area contributed by atoms with E-state index < -0.39 is 0 Å². The highest BCUT2D eigenvalue weighted by molar-refractivity contribution is 9.10. The second-order valence-corrected chi connectivity index (χ2v) is 6.24. The molecule has 0 N–H and O–H groups in total. The Hall–Kier alpha value is -0.910. The standard InChI is InChI=1S/C14H8Br2ClFN2/c15-8-4-5-11-12(6-8)20(13(7-17)19-11)14-9(16)2-1-3-10(14)18/h1-6H,7H2. The van der Waals surface area contributed by atoms with Crippen molar-refractivity contribution in [1.29, 1.82) is 0 Å². The molecule has 1 heterocycles. The van der Waals surface area contributed by atoms with Crippen molar-refractivity contribution in [2.75, 3.05) is 0 Å². The predicted molar refractivity (Wildman–Crippen MR) is 86.0 cm³/mol. The molecule has 6 heteroatoms. The molecule has 3 rings (SSSR count). The van der Waals surface area contributed by atoms with Gasteiger partial charge in [-0.3, -0.25) is 4.57 Å². The van der Waals surface area contributed by atoms with Crippen LogP contribution in [0.3, 0.4) is 0 Å². The van der Waals surface area contributed by atoms with E-state index in [0.717, 1.165) is 15.5 Å². The van der Waals surface area contributed by atoms with Crippen molar-refractivity contribution in [2.45, 2.75) is 5.88 Å². The first-order valence-corrected chi connectivity index (χ1v) is 7.91. The van der Waals surface area contributed by atoms with Crippen LogP contribution in [0.25, 0.3) is 16.7 Å². The Kier molecular flexibility index (Phi) is 3.84. The molecular weight excluding hydrogens is 410 g/mol. The number of fused-ring (bicyclic) bond motifs is 1. The summed E-state index contributed by atoms with van der Waals surface area (Å²) in [5.41, 5.74) is 2.00. The van der Waals surface area contributed by atoms with Crippen LogP contribution in [0.2, 0.25) is 0 Å². The molecule has 1 aromatic heterocycles. The highest BCUT2D eigenvalue weighted by Crippen LogP contribution is 2.31. The average Bonchev–Trinajstić information content (AvgIpc) is 2.77. The SMILES string of the molecule is Fc1cccc(Br)c1-n1c(CCl)nc2ccc(Br)cc21. The summed E-state index contributed by atoms with van der Waals surface area (Å²) in [4.78, 5) is 4.45. The first-order valence-electron chi connectivity index (χ1n) is 5.79.